The number of fused-ring (bicyclic) bond motifs is 1. The van der Waals surface area contributed by atoms with Crippen molar-refractivity contribution in [1.82, 2.24) is 9.99 Å². The summed E-state index contributed by atoms with van der Waals surface area (Å²) < 4.78 is 8.35. The predicted molar refractivity (Wildman–Crippen MR) is 132 cm³/mol. The molecule has 1 aromatic carbocycles. The second-order valence-electron chi connectivity index (χ2n) is 7.89. The van der Waals surface area contributed by atoms with E-state index in [2.05, 4.69) is 26.5 Å². The van der Waals surface area contributed by atoms with Gasteiger partial charge in [-0.15, -0.1) is 11.3 Å². The summed E-state index contributed by atoms with van der Waals surface area (Å²) >= 11 is 4.92. The number of halogens is 1. The van der Waals surface area contributed by atoms with E-state index < -0.39 is 5.97 Å². The summed E-state index contributed by atoms with van der Waals surface area (Å²) in [5.74, 6) is -0.666. The number of aryl methyl sites for hydroxylation is 2. The Morgan fingerprint density at radius 1 is 1.24 bits per heavy atom. The standard InChI is InChI=1S/C24H24BrN3O4S/c1-14-11-16(12-26-27-21(29)13-32-18-9-7-17(25)8-10-18)15(2)28(14)23-22(24(30)31)19-5-3-4-6-20(19)33-23/h7-12H,3-6,13H2,1-2H3,(H,27,29)(H,30,31)/b26-12-. The maximum absolute atomic E-state index is 12.1. The monoisotopic (exact) mass is 529 g/mol. The molecule has 9 heteroatoms. The van der Waals surface area contributed by atoms with Crippen LogP contribution in [0.2, 0.25) is 0 Å². The first-order valence-corrected chi connectivity index (χ1v) is 12.2. The number of thiophene rings is 1. The number of aromatic nitrogens is 1. The minimum atomic E-state index is -0.884. The van der Waals surface area contributed by atoms with Crippen LogP contribution in [0.1, 0.15) is 50.6 Å². The van der Waals surface area contributed by atoms with E-state index in [1.54, 1.807) is 29.7 Å². The van der Waals surface area contributed by atoms with Crippen LogP contribution < -0.4 is 10.2 Å². The van der Waals surface area contributed by atoms with Crippen LogP contribution in [0, 0.1) is 13.8 Å². The molecule has 33 heavy (non-hydrogen) atoms. The van der Waals surface area contributed by atoms with Gasteiger partial charge in [0.25, 0.3) is 5.91 Å². The van der Waals surface area contributed by atoms with Crippen molar-refractivity contribution >= 4 is 45.4 Å². The number of hydrogen-bond donors (Lipinski definition) is 2. The van der Waals surface area contributed by atoms with Gasteiger partial charge >= 0.3 is 5.97 Å². The number of hydrazone groups is 1. The fraction of sp³-hybridized carbons (Fsp3) is 0.292. The third kappa shape index (κ3) is 5.04. The highest BCUT2D eigenvalue weighted by Crippen LogP contribution is 2.38. The highest BCUT2D eigenvalue weighted by molar-refractivity contribution is 9.10. The summed E-state index contributed by atoms with van der Waals surface area (Å²) in [6.07, 6.45) is 5.44. The Kier molecular flexibility index (Phi) is 6.99. The van der Waals surface area contributed by atoms with Crippen molar-refractivity contribution in [3.05, 3.63) is 67.8 Å². The molecule has 0 radical (unpaired) electrons. The third-order valence-electron chi connectivity index (χ3n) is 5.62. The predicted octanol–water partition coefficient (Wildman–Crippen LogP) is 5.02. The summed E-state index contributed by atoms with van der Waals surface area (Å²) in [6, 6.07) is 9.14. The lowest BCUT2D eigenvalue weighted by Gasteiger charge is -2.11. The number of nitrogens with zero attached hydrogens (tertiary/aromatic N) is 2. The minimum absolute atomic E-state index is 0.152. The number of rotatable bonds is 7. The van der Waals surface area contributed by atoms with E-state index in [0.717, 1.165) is 57.7 Å². The molecule has 4 rings (SSSR count). The van der Waals surface area contributed by atoms with Crippen molar-refractivity contribution in [2.75, 3.05) is 6.61 Å². The van der Waals surface area contributed by atoms with Gasteiger partial charge in [-0.05, 0) is 75.4 Å². The maximum atomic E-state index is 12.1. The van der Waals surface area contributed by atoms with Gasteiger partial charge in [0.15, 0.2) is 6.61 Å². The molecular formula is C24H24BrN3O4S. The SMILES string of the molecule is Cc1cc(/C=N\NC(=O)COc2ccc(Br)cc2)c(C)n1-c1sc2c(c1C(=O)O)CCCC2. The Morgan fingerprint density at radius 3 is 2.70 bits per heavy atom. The lowest BCUT2D eigenvalue weighted by molar-refractivity contribution is -0.123. The second-order valence-corrected chi connectivity index (χ2v) is 9.89. The molecule has 0 spiro atoms. The van der Waals surface area contributed by atoms with Gasteiger partial charge in [-0.3, -0.25) is 4.79 Å². The van der Waals surface area contributed by atoms with E-state index >= 15 is 0 Å². The van der Waals surface area contributed by atoms with Gasteiger partial charge in [0, 0.05) is 26.3 Å². The van der Waals surface area contributed by atoms with E-state index in [0.29, 0.717) is 11.3 Å². The Hall–Kier alpha value is -2.91. The van der Waals surface area contributed by atoms with E-state index in [-0.39, 0.29) is 12.5 Å². The summed E-state index contributed by atoms with van der Waals surface area (Å²) in [5, 5.41) is 14.7. The van der Waals surface area contributed by atoms with Crippen molar-refractivity contribution in [1.29, 1.82) is 0 Å². The molecule has 0 saturated carbocycles. The molecular weight excluding hydrogens is 506 g/mol. The van der Waals surface area contributed by atoms with Crippen molar-refractivity contribution in [3.8, 4) is 10.8 Å². The lowest BCUT2D eigenvalue weighted by atomic mass is 9.95. The number of benzene rings is 1. The first-order valence-electron chi connectivity index (χ1n) is 10.6. The molecule has 0 unspecified atom stereocenters. The van der Waals surface area contributed by atoms with Crippen LogP contribution in [0.15, 0.2) is 39.9 Å². The van der Waals surface area contributed by atoms with Crippen molar-refractivity contribution in [3.63, 3.8) is 0 Å². The van der Waals surface area contributed by atoms with Gasteiger partial charge < -0.3 is 14.4 Å². The third-order valence-corrected chi connectivity index (χ3v) is 7.42. The number of nitrogens with one attached hydrogen (secondary N) is 1. The number of hydrogen-bond acceptors (Lipinski definition) is 5. The van der Waals surface area contributed by atoms with E-state index in [9.17, 15) is 14.7 Å². The summed E-state index contributed by atoms with van der Waals surface area (Å²) in [6.45, 7) is 3.72. The fourth-order valence-corrected chi connectivity index (χ4v) is 5.80. The maximum Gasteiger partial charge on any atom is 0.339 e. The van der Waals surface area contributed by atoms with Gasteiger partial charge in [-0.1, -0.05) is 15.9 Å². The number of amides is 1. The highest BCUT2D eigenvalue weighted by atomic mass is 79.9. The number of carboxylic acids is 1. The van der Waals surface area contributed by atoms with E-state index in [1.807, 2.05) is 36.6 Å². The molecule has 0 aliphatic heterocycles. The number of aromatic carboxylic acids is 1. The summed E-state index contributed by atoms with van der Waals surface area (Å²) in [7, 11) is 0. The molecule has 0 atom stereocenters. The van der Waals surface area contributed by atoms with Crippen LogP contribution in [0.5, 0.6) is 5.75 Å². The number of ether oxygens (including phenoxy) is 1. The Morgan fingerprint density at radius 2 is 1.97 bits per heavy atom. The number of carbonyl (C=O) groups excluding carboxylic acids is 1. The molecule has 2 heterocycles. The van der Waals surface area contributed by atoms with Gasteiger partial charge in [0.1, 0.15) is 10.8 Å². The first-order chi connectivity index (χ1) is 15.8. The average Bonchev–Trinajstić information content (AvgIpc) is 3.29. The second kappa shape index (κ2) is 9.93. The Bertz CT molecular complexity index is 1230. The molecule has 7 nitrogen and oxygen atoms in total. The zero-order valence-corrected chi connectivity index (χ0v) is 20.8. The average molecular weight is 530 g/mol. The quantitative estimate of drug-likeness (QED) is 0.331. The number of carbonyl (C=O) groups is 2. The molecule has 1 amide bonds. The van der Waals surface area contributed by atoms with Crippen LogP contribution in [0.25, 0.3) is 5.00 Å². The molecule has 1 aliphatic carbocycles. The summed E-state index contributed by atoms with van der Waals surface area (Å²) in [4.78, 5) is 25.3. The molecule has 3 aromatic rings. The molecule has 1 aliphatic rings. The van der Waals surface area contributed by atoms with E-state index in [1.165, 1.54) is 4.88 Å². The molecule has 0 saturated heterocycles. The largest absolute Gasteiger partial charge is 0.484 e. The molecule has 2 aromatic heterocycles. The van der Waals surface area contributed by atoms with Crippen molar-refractivity contribution in [2.45, 2.75) is 39.5 Å². The van der Waals surface area contributed by atoms with Crippen molar-refractivity contribution < 1.29 is 19.4 Å². The van der Waals surface area contributed by atoms with Gasteiger partial charge in [0.2, 0.25) is 0 Å². The van der Waals surface area contributed by atoms with Crippen molar-refractivity contribution in [2.24, 2.45) is 5.10 Å². The van der Waals surface area contributed by atoms with Crippen LogP contribution in [-0.4, -0.2) is 34.4 Å². The van der Waals surface area contributed by atoms with E-state index in [4.69, 9.17) is 4.74 Å². The zero-order valence-electron chi connectivity index (χ0n) is 18.4. The summed E-state index contributed by atoms with van der Waals surface area (Å²) in [5.41, 5.74) is 6.47. The zero-order chi connectivity index (χ0) is 23.5. The Labute approximate surface area is 204 Å². The molecule has 172 valence electrons. The van der Waals surface area contributed by atoms with Crippen LogP contribution in [-0.2, 0) is 17.6 Å². The minimum Gasteiger partial charge on any atom is -0.484 e. The van der Waals surface area contributed by atoms with Gasteiger partial charge in [0.05, 0.1) is 11.8 Å². The lowest BCUT2D eigenvalue weighted by Crippen LogP contribution is -2.24. The van der Waals surface area contributed by atoms with Gasteiger partial charge in [-0.2, -0.15) is 5.10 Å². The molecule has 2 N–H and O–H groups in total. The highest BCUT2D eigenvalue weighted by Gasteiger charge is 2.27. The molecule has 0 fully saturated rings. The van der Waals surface area contributed by atoms with Crippen LogP contribution in [0.4, 0.5) is 0 Å². The molecule has 0 bridgehead atoms. The first kappa shape index (κ1) is 23.3. The smallest absolute Gasteiger partial charge is 0.339 e. The number of carboxylic acid groups (broad SMARTS) is 1. The topological polar surface area (TPSA) is 92.9 Å². The Balaban J connectivity index is 1.48. The fourth-order valence-electron chi connectivity index (χ4n) is 4.05. The normalized spacial score (nSPS) is 13.2. The van der Waals surface area contributed by atoms with Crippen LogP contribution >= 0.6 is 27.3 Å². The van der Waals surface area contributed by atoms with Gasteiger partial charge in [-0.25, -0.2) is 10.2 Å². The van der Waals surface area contributed by atoms with Crippen LogP contribution in [0.3, 0.4) is 0 Å².